The first-order chi connectivity index (χ1) is 13.8. The Morgan fingerprint density at radius 2 is 1.76 bits per heavy atom. The van der Waals surface area contributed by atoms with Gasteiger partial charge in [-0.15, -0.1) is 0 Å². The highest BCUT2D eigenvalue weighted by atomic mass is 79.9. The van der Waals surface area contributed by atoms with Crippen LogP contribution in [-0.2, 0) is 9.59 Å². The maximum Gasteiger partial charge on any atom is 0.223 e. The zero-order chi connectivity index (χ0) is 21.0. The van der Waals surface area contributed by atoms with Gasteiger partial charge in [0.1, 0.15) is 5.82 Å². The minimum Gasteiger partial charge on any atom is -0.349 e. The third kappa shape index (κ3) is 5.44. The van der Waals surface area contributed by atoms with Crippen LogP contribution < -0.4 is 10.6 Å². The largest absolute Gasteiger partial charge is 0.349 e. The molecule has 0 saturated heterocycles. The Kier molecular flexibility index (Phi) is 6.69. The van der Waals surface area contributed by atoms with E-state index >= 15 is 0 Å². The number of carbonyl (C=O) groups is 2. The molecule has 2 aromatic carbocycles. The fourth-order valence-electron chi connectivity index (χ4n) is 3.28. The minimum atomic E-state index is -0.399. The molecule has 1 heterocycles. The lowest BCUT2D eigenvalue weighted by atomic mass is 10.0. The van der Waals surface area contributed by atoms with Gasteiger partial charge in [-0.05, 0) is 35.7 Å². The summed E-state index contributed by atoms with van der Waals surface area (Å²) in [5.41, 5.74) is 2.69. The van der Waals surface area contributed by atoms with Crippen LogP contribution in [0.15, 0.2) is 53.0 Å². The van der Waals surface area contributed by atoms with Gasteiger partial charge >= 0.3 is 0 Å². The number of para-hydroxylation sites is 2. The maximum absolute atomic E-state index is 12.9. The summed E-state index contributed by atoms with van der Waals surface area (Å²) >= 11 is 3.41. The van der Waals surface area contributed by atoms with Crippen LogP contribution >= 0.6 is 15.9 Å². The first kappa shape index (κ1) is 21.0. The summed E-state index contributed by atoms with van der Waals surface area (Å²) in [5.74, 6) is 0.551. The van der Waals surface area contributed by atoms with Crippen molar-refractivity contribution >= 4 is 38.8 Å². The third-order valence-electron chi connectivity index (χ3n) is 4.72. The highest BCUT2D eigenvalue weighted by Crippen LogP contribution is 2.24. The van der Waals surface area contributed by atoms with Crippen molar-refractivity contribution in [3.05, 3.63) is 64.4 Å². The monoisotopic (exact) mass is 456 g/mol. The van der Waals surface area contributed by atoms with E-state index in [0.29, 0.717) is 0 Å². The fourth-order valence-corrected chi connectivity index (χ4v) is 3.55. The van der Waals surface area contributed by atoms with Crippen LogP contribution in [0, 0.1) is 5.92 Å². The highest BCUT2D eigenvalue weighted by Gasteiger charge is 2.24. The highest BCUT2D eigenvalue weighted by molar-refractivity contribution is 9.10. The predicted molar refractivity (Wildman–Crippen MR) is 117 cm³/mol. The molecular formula is C22H25BrN4O2. The number of nitrogens with zero attached hydrogens (tertiary/aromatic N) is 1. The zero-order valence-corrected chi connectivity index (χ0v) is 18.3. The van der Waals surface area contributed by atoms with E-state index in [4.69, 9.17) is 0 Å². The van der Waals surface area contributed by atoms with Crippen molar-refractivity contribution < 1.29 is 9.59 Å². The Bertz CT molecular complexity index is 964. The molecule has 7 heteroatoms. The van der Waals surface area contributed by atoms with Crippen LogP contribution in [0.2, 0.25) is 0 Å². The molecule has 0 saturated carbocycles. The normalized spacial score (nSPS) is 13.3. The van der Waals surface area contributed by atoms with Crippen molar-refractivity contribution in [2.24, 2.45) is 5.92 Å². The summed E-state index contributed by atoms with van der Waals surface area (Å²) in [4.78, 5) is 32.5. The van der Waals surface area contributed by atoms with E-state index in [1.807, 2.05) is 62.4 Å². The van der Waals surface area contributed by atoms with E-state index < -0.39 is 6.04 Å². The van der Waals surface area contributed by atoms with Gasteiger partial charge in [-0.2, -0.15) is 0 Å². The number of fused-ring (bicyclic) bond motifs is 1. The number of hydrogen-bond acceptors (Lipinski definition) is 3. The van der Waals surface area contributed by atoms with Crippen molar-refractivity contribution in [1.82, 2.24) is 20.6 Å². The molecule has 3 N–H and O–H groups in total. The predicted octanol–water partition coefficient (Wildman–Crippen LogP) is 4.41. The Labute approximate surface area is 178 Å². The standard InChI is InChI=1S/C22H25BrN4O2/c1-13(2)21(22-25-17-6-4-5-7-18(17)26-22)27-20(29)12-19(24-14(3)28)15-8-10-16(23)11-9-15/h4-11,13,19,21H,12H2,1-3H3,(H,24,28)(H,25,26)(H,27,29). The molecule has 0 radical (unpaired) electrons. The van der Waals surface area contributed by atoms with Crippen molar-refractivity contribution in [1.29, 1.82) is 0 Å². The second-order valence-electron chi connectivity index (χ2n) is 7.44. The van der Waals surface area contributed by atoms with E-state index in [1.54, 1.807) is 0 Å². The van der Waals surface area contributed by atoms with Crippen LogP contribution in [0.1, 0.15) is 50.7 Å². The van der Waals surface area contributed by atoms with Crippen molar-refractivity contribution in [3.8, 4) is 0 Å². The number of aromatic nitrogens is 2. The zero-order valence-electron chi connectivity index (χ0n) is 16.7. The lowest BCUT2D eigenvalue weighted by Crippen LogP contribution is -2.36. The molecule has 152 valence electrons. The van der Waals surface area contributed by atoms with Gasteiger partial charge in [0.15, 0.2) is 0 Å². The van der Waals surface area contributed by atoms with Gasteiger partial charge in [-0.3, -0.25) is 9.59 Å². The smallest absolute Gasteiger partial charge is 0.223 e. The van der Waals surface area contributed by atoms with Crippen LogP contribution in [0.4, 0.5) is 0 Å². The topological polar surface area (TPSA) is 86.9 Å². The fraction of sp³-hybridized carbons (Fsp3) is 0.318. The molecule has 0 bridgehead atoms. The SMILES string of the molecule is CC(=O)NC(CC(=O)NC(c1nc2ccccc2[nH]1)C(C)C)c1ccc(Br)cc1. The molecule has 0 spiro atoms. The molecule has 0 aliphatic heterocycles. The van der Waals surface area contributed by atoms with Gasteiger partial charge in [0.2, 0.25) is 11.8 Å². The molecule has 0 fully saturated rings. The lowest BCUT2D eigenvalue weighted by Gasteiger charge is -2.23. The number of imidazole rings is 1. The number of halogens is 1. The van der Waals surface area contributed by atoms with Crippen LogP contribution in [0.5, 0.6) is 0 Å². The van der Waals surface area contributed by atoms with Crippen LogP contribution in [0.25, 0.3) is 11.0 Å². The number of carbonyl (C=O) groups excluding carboxylic acids is 2. The summed E-state index contributed by atoms with van der Waals surface area (Å²) in [5, 5.41) is 5.96. The van der Waals surface area contributed by atoms with Crippen LogP contribution in [-0.4, -0.2) is 21.8 Å². The van der Waals surface area contributed by atoms with E-state index in [2.05, 4.69) is 36.5 Å². The average Bonchev–Trinajstić information content (AvgIpc) is 3.09. The number of H-pyrrole nitrogens is 1. The maximum atomic E-state index is 12.9. The second kappa shape index (κ2) is 9.22. The van der Waals surface area contributed by atoms with Crippen molar-refractivity contribution in [2.75, 3.05) is 0 Å². The van der Waals surface area contributed by atoms with Gasteiger partial charge in [0, 0.05) is 11.4 Å². The Balaban J connectivity index is 1.77. The van der Waals surface area contributed by atoms with Crippen molar-refractivity contribution in [3.63, 3.8) is 0 Å². The number of hydrogen-bond donors (Lipinski definition) is 3. The minimum absolute atomic E-state index is 0.144. The number of nitrogens with one attached hydrogen (secondary N) is 3. The number of amides is 2. The van der Waals surface area contributed by atoms with Gasteiger partial charge in [0.25, 0.3) is 0 Å². The van der Waals surface area contributed by atoms with E-state index in [9.17, 15) is 9.59 Å². The summed E-state index contributed by atoms with van der Waals surface area (Å²) in [6, 6.07) is 14.7. The molecule has 2 unspecified atom stereocenters. The molecule has 0 aliphatic carbocycles. The Morgan fingerprint density at radius 1 is 1.07 bits per heavy atom. The van der Waals surface area contributed by atoms with E-state index in [1.165, 1.54) is 6.92 Å². The average molecular weight is 457 g/mol. The first-order valence-corrected chi connectivity index (χ1v) is 10.4. The summed E-state index contributed by atoms with van der Waals surface area (Å²) in [7, 11) is 0. The molecular weight excluding hydrogens is 432 g/mol. The van der Waals surface area contributed by atoms with Gasteiger partial charge in [-0.1, -0.05) is 54.0 Å². The quantitative estimate of drug-likeness (QED) is 0.491. The number of benzene rings is 2. The molecule has 3 rings (SSSR count). The molecule has 0 aliphatic rings. The third-order valence-corrected chi connectivity index (χ3v) is 5.25. The summed E-state index contributed by atoms with van der Waals surface area (Å²) in [6.45, 7) is 5.53. The first-order valence-electron chi connectivity index (χ1n) is 9.60. The molecule has 3 aromatic rings. The summed E-state index contributed by atoms with van der Waals surface area (Å²) in [6.07, 6.45) is 0.144. The van der Waals surface area contributed by atoms with Crippen LogP contribution in [0.3, 0.4) is 0 Å². The Morgan fingerprint density at radius 3 is 2.38 bits per heavy atom. The van der Waals surface area contributed by atoms with Gasteiger partial charge in [0.05, 0.1) is 29.5 Å². The Hall–Kier alpha value is -2.67. The van der Waals surface area contributed by atoms with Crippen molar-refractivity contribution in [2.45, 2.75) is 39.3 Å². The van der Waals surface area contributed by atoms with E-state index in [0.717, 1.165) is 26.9 Å². The molecule has 29 heavy (non-hydrogen) atoms. The summed E-state index contributed by atoms with van der Waals surface area (Å²) < 4.78 is 0.942. The molecule has 2 amide bonds. The van der Waals surface area contributed by atoms with E-state index in [-0.39, 0.29) is 30.2 Å². The van der Waals surface area contributed by atoms with Gasteiger partial charge in [-0.25, -0.2) is 4.98 Å². The van der Waals surface area contributed by atoms with Gasteiger partial charge < -0.3 is 15.6 Å². The molecule has 2 atom stereocenters. The molecule has 1 aromatic heterocycles. The lowest BCUT2D eigenvalue weighted by molar-refractivity contribution is -0.123. The second-order valence-corrected chi connectivity index (χ2v) is 8.35. The molecule has 6 nitrogen and oxygen atoms in total. The number of aromatic amines is 1. The number of rotatable bonds is 7.